The Morgan fingerprint density at radius 1 is 1.06 bits per heavy atom. The van der Waals surface area contributed by atoms with Gasteiger partial charge in [0, 0.05) is 13.2 Å². The monoisotopic (exact) mass is 242 g/mol. The molecule has 0 spiro atoms. The minimum Gasteiger partial charge on any atom is -0.496 e. The van der Waals surface area contributed by atoms with Crippen LogP contribution in [0.3, 0.4) is 0 Å². The van der Waals surface area contributed by atoms with Gasteiger partial charge in [0.25, 0.3) is 0 Å². The van der Waals surface area contributed by atoms with Crippen molar-refractivity contribution >= 4 is 0 Å². The highest BCUT2D eigenvalue weighted by Crippen LogP contribution is 2.19. The molecule has 0 aliphatic carbocycles. The van der Waals surface area contributed by atoms with Gasteiger partial charge in [0.15, 0.2) is 0 Å². The average molecular weight is 242 g/mol. The quantitative estimate of drug-likeness (QED) is 0.611. The van der Waals surface area contributed by atoms with Crippen molar-refractivity contribution in [3.8, 4) is 0 Å². The second-order valence-electron chi connectivity index (χ2n) is 4.55. The Labute approximate surface area is 105 Å². The number of hydrogen-bond acceptors (Lipinski definition) is 3. The smallest absolute Gasteiger partial charge is 0.124 e. The summed E-state index contributed by atoms with van der Waals surface area (Å²) in [5, 5.41) is 0. The Kier molecular flexibility index (Phi) is 7.29. The summed E-state index contributed by atoms with van der Waals surface area (Å²) in [6.07, 6.45) is 8.35. The zero-order valence-electron chi connectivity index (χ0n) is 11.4. The molecule has 0 amide bonds. The van der Waals surface area contributed by atoms with Gasteiger partial charge < -0.3 is 14.2 Å². The molecule has 0 aromatic rings. The zero-order valence-corrected chi connectivity index (χ0v) is 11.4. The molecule has 3 heteroatoms. The predicted molar refractivity (Wildman–Crippen MR) is 69.0 cm³/mol. The Bertz CT molecular complexity index is 216. The molecule has 1 heterocycles. The van der Waals surface area contributed by atoms with Crippen molar-refractivity contribution in [3.05, 3.63) is 12.3 Å². The minimum absolute atomic E-state index is 0.0309. The van der Waals surface area contributed by atoms with Crippen LogP contribution in [0.5, 0.6) is 0 Å². The SMILES string of the molecule is CCCCO[C@H]1[C@H](C)OC=C[C@@H]1OCCCC. The van der Waals surface area contributed by atoms with Gasteiger partial charge in [-0.3, -0.25) is 0 Å². The Morgan fingerprint density at radius 2 is 1.71 bits per heavy atom. The van der Waals surface area contributed by atoms with Crippen molar-refractivity contribution in [2.45, 2.75) is 64.8 Å². The molecule has 0 N–H and O–H groups in total. The van der Waals surface area contributed by atoms with Gasteiger partial charge in [0.1, 0.15) is 18.3 Å². The van der Waals surface area contributed by atoms with E-state index < -0.39 is 0 Å². The summed E-state index contributed by atoms with van der Waals surface area (Å²) >= 11 is 0. The molecule has 0 bridgehead atoms. The van der Waals surface area contributed by atoms with E-state index in [2.05, 4.69) is 13.8 Å². The fraction of sp³-hybridized carbons (Fsp3) is 0.857. The van der Waals surface area contributed by atoms with Gasteiger partial charge in [-0.1, -0.05) is 26.7 Å². The summed E-state index contributed by atoms with van der Waals surface area (Å²) in [7, 11) is 0. The molecule has 17 heavy (non-hydrogen) atoms. The number of unbranched alkanes of at least 4 members (excludes halogenated alkanes) is 2. The highest BCUT2D eigenvalue weighted by atomic mass is 16.6. The first kappa shape index (κ1) is 14.5. The Morgan fingerprint density at radius 3 is 2.35 bits per heavy atom. The fourth-order valence-corrected chi connectivity index (χ4v) is 1.81. The zero-order chi connectivity index (χ0) is 12.5. The standard InChI is InChI=1S/C14H26O3/c1-4-6-9-16-13-8-11-15-12(3)14(13)17-10-7-5-2/h8,11-14H,4-7,9-10H2,1-3H3/t12-,13-,14-/m0/s1. The van der Waals surface area contributed by atoms with Crippen LogP contribution >= 0.6 is 0 Å². The molecule has 100 valence electrons. The first-order chi connectivity index (χ1) is 8.29. The molecule has 1 rings (SSSR count). The lowest BCUT2D eigenvalue weighted by Crippen LogP contribution is -2.42. The summed E-state index contributed by atoms with van der Waals surface area (Å²) in [4.78, 5) is 0. The molecule has 0 fully saturated rings. The van der Waals surface area contributed by atoms with E-state index in [-0.39, 0.29) is 18.3 Å². The molecule has 3 nitrogen and oxygen atoms in total. The van der Waals surface area contributed by atoms with Crippen LogP contribution in [0, 0.1) is 0 Å². The summed E-state index contributed by atoms with van der Waals surface area (Å²) in [6.45, 7) is 7.96. The van der Waals surface area contributed by atoms with Crippen LogP contribution in [0.4, 0.5) is 0 Å². The Hall–Kier alpha value is -0.540. The largest absolute Gasteiger partial charge is 0.496 e. The van der Waals surface area contributed by atoms with Crippen LogP contribution in [0.2, 0.25) is 0 Å². The third-order valence-electron chi connectivity index (χ3n) is 2.96. The van der Waals surface area contributed by atoms with Crippen molar-refractivity contribution in [2.24, 2.45) is 0 Å². The highest BCUT2D eigenvalue weighted by molar-refractivity contribution is 4.97. The van der Waals surface area contributed by atoms with Crippen LogP contribution in [0.25, 0.3) is 0 Å². The molecule has 0 radical (unpaired) electrons. The van der Waals surface area contributed by atoms with Gasteiger partial charge in [0.05, 0.1) is 6.26 Å². The predicted octanol–water partition coefficient (Wildman–Crippen LogP) is 3.29. The maximum Gasteiger partial charge on any atom is 0.124 e. The molecule has 0 unspecified atom stereocenters. The molecule has 0 saturated heterocycles. The molecule has 0 aromatic carbocycles. The van der Waals surface area contributed by atoms with Gasteiger partial charge in [0.2, 0.25) is 0 Å². The topological polar surface area (TPSA) is 27.7 Å². The van der Waals surface area contributed by atoms with Gasteiger partial charge in [-0.15, -0.1) is 0 Å². The van der Waals surface area contributed by atoms with E-state index >= 15 is 0 Å². The van der Waals surface area contributed by atoms with Crippen molar-refractivity contribution in [1.29, 1.82) is 0 Å². The van der Waals surface area contributed by atoms with Crippen molar-refractivity contribution < 1.29 is 14.2 Å². The molecular formula is C14H26O3. The fourth-order valence-electron chi connectivity index (χ4n) is 1.81. The second-order valence-corrected chi connectivity index (χ2v) is 4.55. The maximum atomic E-state index is 5.88. The van der Waals surface area contributed by atoms with Crippen molar-refractivity contribution in [2.75, 3.05) is 13.2 Å². The number of hydrogen-bond donors (Lipinski definition) is 0. The second kappa shape index (κ2) is 8.54. The van der Waals surface area contributed by atoms with Gasteiger partial charge in [-0.05, 0) is 25.8 Å². The van der Waals surface area contributed by atoms with E-state index in [1.807, 2.05) is 13.0 Å². The lowest BCUT2D eigenvalue weighted by atomic mass is 10.1. The first-order valence-corrected chi connectivity index (χ1v) is 6.85. The molecule has 1 aliphatic rings. The summed E-state index contributed by atoms with van der Waals surface area (Å²) in [6, 6.07) is 0. The first-order valence-electron chi connectivity index (χ1n) is 6.85. The van der Waals surface area contributed by atoms with E-state index in [1.54, 1.807) is 6.26 Å². The van der Waals surface area contributed by atoms with Crippen LogP contribution in [-0.4, -0.2) is 31.5 Å². The van der Waals surface area contributed by atoms with Gasteiger partial charge in [-0.2, -0.15) is 0 Å². The van der Waals surface area contributed by atoms with E-state index in [4.69, 9.17) is 14.2 Å². The third kappa shape index (κ3) is 5.09. The van der Waals surface area contributed by atoms with Gasteiger partial charge in [-0.25, -0.2) is 0 Å². The van der Waals surface area contributed by atoms with Crippen LogP contribution in [0.15, 0.2) is 12.3 Å². The number of rotatable bonds is 8. The average Bonchev–Trinajstić information content (AvgIpc) is 2.33. The third-order valence-corrected chi connectivity index (χ3v) is 2.96. The minimum atomic E-state index is 0.0309. The van der Waals surface area contributed by atoms with Crippen LogP contribution < -0.4 is 0 Å². The van der Waals surface area contributed by atoms with Crippen molar-refractivity contribution in [1.82, 2.24) is 0 Å². The normalized spacial score (nSPS) is 28.1. The molecule has 0 saturated carbocycles. The summed E-state index contributed by atoms with van der Waals surface area (Å²) in [5.41, 5.74) is 0. The van der Waals surface area contributed by atoms with E-state index in [9.17, 15) is 0 Å². The van der Waals surface area contributed by atoms with Crippen LogP contribution in [-0.2, 0) is 14.2 Å². The van der Waals surface area contributed by atoms with Crippen molar-refractivity contribution in [3.63, 3.8) is 0 Å². The summed E-state index contributed by atoms with van der Waals surface area (Å²) < 4.78 is 17.2. The van der Waals surface area contributed by atoms with Crippen LogP contribution in [0.1, 0.15) is 46.5 Å². The molecule has 1 aliphatic heterocycles. The van der Waals surface area contributed by atoms with E-state index in [0.717, 1.165) is 38.9 Å². The Balaban J connectivity index is 2.39. The van der Waals surface area contributed by atoms with E-state index in [0.29, 0.717) is 0 Å². The number of ether oxygens (including phenoxy) is 3. The maximum absolute atomic E-state index is 5.88. The summed E-state index contributed by atoms with van der Waals surface area (Å²) in [5.74, 6) is 0. The van der Waals surface area contributed by atoms with Gasteiger partial charge >= 0.3 is 0 Å². The highest BCUT2D eigenvalue weighted by Gasteiger charge is 2.30. The van der Waals surface area contributed by atoms with E-state index in [1.165, 1.54) is 0 Å². The molecule has 0 aromatic heterocycles. The molecular weight excluding hydrogens is 216 g/mol. The molecule has 3 atom stereocenters. The lowest BCUT2D eigenvalue weighted by Gasteiger charge is -2.32. The lowest BCUT2D eigenvalue weighted by molar-refractivity contribution is -0.116.